The molecule has 1 aromatic rings. The minimum absolute atomic E-state index is 0.0551. The second-order valence-corrected chi connectivity index (χ2v) is 5.12. The van der Waals surface area contributed by atoms with Crippen LogP contribution in [0.15, 0.2) is 11.4 Å². The summed E-state index contributed by atoms with van der Waals surface area (Å²) in [6, 6.07) is 1.29. The molecule has 0 spiro atoms. The number of carbonyl (C=O) groups excluding carboxylic acids is 3. The van der Waals surface area contributed by atoms with Crippen LogP contribution in [0.25, 0.3) is 0 Å². The van der Waals surface area contributed by atoms with Gasteiger partial charge in [-0.3, -0.25) is 19.7 Å². The van der Waals surface area contributed by atoms with Crippen molar-refractivity contribution in [3.63, 3.8) is 0 Å². The molecule has 0 aliphatic carbocycles. The van der Waals surface area contributed by atoms with Gasteiger partial charge in [0, 0.05) is 0 Å². The molecule has 96 valence electrons. The zero-order chi connectivity index (χ0) is 13.3. The summed E-state index contributed by atoms with van der Waals surface area (Å²) < 4.78 is 0. The van der Waals surface area contributed by atoms with Crippen LogP contribution in [0.4, 0.5) is 0 Å². The fourth-order valence-electron chi connectivity index (χ4n) is 2.01. The summed E-state index contributed by atoms with van der Waals surface area (Å²) >= 11 is 1.33. The van der Waals surface area contributed by atoms with Gasteiger partial charge in [-0.1, -0.05) is 6.92 Å². The maximum atomic E-state index is 12.3. The predicted molar refractivity (Wildman–Crippen MR) is 67.3 cm³/mol. The maximum Gasteiger partial charge on any atom is 0.265 e. The molecular formula is C12H14N2O3S. The number of amides is 3. The van der Waals surface area contributed by atoms with Gasteiger partial charge >= 0.3 is 0 Å². The van der Waals surface area contributed by atoms with Crippen molar-refractivity contribution in [3.8, 4) is 0 Å². The molecule has 1 aliphatic rings. The largest absolute Gasteiger partial charge is 0.317 e. The van der Waals surface area contributed by atoms with Gasteiger partial charge in [0.25, 0.3) is 5.91 Å². The Bertz CT molecular complexity index is 509. The van der Waals surface area contributed by atoms with Gasteiger partial charge in [0.15, 0.2) is 0 Å². The van der Waals surface area contributed by atoms with Crippen LogP contribution in [-0.2, 0) is 9.59 Å². The van der Waals surface area contributed by atoms with E-state index in [-0.39, 0.29) is 12.5 Å². The lowest BCUT2D eigenvalue weighted by atomic mass is 10.1. The van der Waals surface area contributed by atoms with Crippen molar-refractivity contribution in [1.29, 1.82) is 0 Å². The van der Waals surface area contributed by atoms with E-state index < -0.39 is 17.9 Å². The van der Waals surface area contributed by atoms with E-state index in [1.807, 2.05) is 25.3 Å². The van der Waals surface area contributed by atoms with Gasteiger partial charge in [0.05, 0.1) is 4.88 Å². The van der Waals surface area contributed by atoms with Crippen LogP contribution >= 0.6 is 11.3 Å². The van der Waals surface area contributed by atoms with E-state index >= 15 is 0 Å². The Morgan fingerprint density at radius 3 is 2.83 bits per heavy atom. The third kappa shape index (κ3) is 2.15. The second-order valence-electron chi connectivity index (χ2n) is 4.20. The zero-order valence-electron chi connectivity index (χ0n) is 10.2. The molecule has 0 radical (unpaired) electrons. The third-order valence-corrected chi connectivity index (χ3v) is 3.96. The van der Waals surface area contributed by atoms with Gasteiger partial charge in [-0.15, -0.1) is 11.3 Å². The summed E-state index contributed by atoms with van der Waals surface area (Å²) in [5.74, 6) is -1.05. The highest BCUT2D eigenvalue weighted by atomic mass is 32.1. The molecule has 2 heterocycles. The fourth-order valence-corrected chi connectivity index (χ4v) is 2.89. The van der Waals surface area contributed by atoms with Crippen molar-refractivity contribution < 1.29 is 14.4 Å². The first kappa shape index (κ1) is 12.8. The molecule has 0 aromatic carbocycles. The van der Waals surface area contributed by atoms with Crippen LogP contribution in [-0.4, -0.2) is 35.2 Å². The monoisotopic (exact) mass is 266 g/mol. The molecule has 0 saturated carbocycles. The van der Waals surface area contributed by atoms with E-state index in [1.165, 1.54) is 16.2 Å². The van der Waals surface area contributed by atoms with E-state index in [0.29, 0.717) is 11.3 Å². The molecule has 3 amide bonds. The first-order chi connectivity index (χ1) is 8.54. The molecule has 1 atom stereocenters. The summed E-state index contributed by atoms with van der Waals surface area (Å²) in [6.07, 6.45) is 0.495. The normalized spacial score (nSPS) is 19.9. The van der Waals surface area contributed by atoms with E-state index in [2.05, 4.69) is 5.32 Å². The van der Waals surface area contributed by atoms with Gasteiger partial charge in [-0.25, -0.2) is 0 Å². The van der Waals surface area contributed by atoms with E-state index in [9.17, 15) is 14.4 Å². The van der Waals surface area contributed by atoms with Gasteiger partial charge in [0.2, 0.25) is 11.8 Å². The molecule has 6 heteroatoms. The van der Waals surface area contributed by atoms with Crippen LogP contribution in [0.5, 0.6) is 0 Å². The number of thiophene rings is 1. The Hall–Kier alpha value is -1.69. The smallest absolute Gasteiger partial charge is 0.265 e. The average molecular weight is 266 g/mol. The lowest BCUT2D eigenvalue weighted by Crippen LogP contribution is -2.59. The van der Waals surface area contributed by atoms with Crippen LogP contribution in [0.2, 0.25) is 0 Å². The molecule has 2 rings (SSSR count). The lowest BCUT2D eigenvalue weighted by molar-refractivity contribution is -0.138. The number of imide groups is 1. The molecule has 1 fully saturated rings. The minimum atomic E-state index is -0.559. The molecule has 1 unspecified atom stereocenters. The Kier molecular flexibility index (Phi) is 3.47. The zero-order valence-corrected chi connectivity index (χ0v) is 11.0. The first-order valence-electron chi connectivity index (χ1n) is 5.73. The van der Waals surface area contributed by atoms with Gasteiger partial charge < -0.3 is 4.90 Å². The summed E-state index contributed by atoms with van der Waals surface area (Å²) in [5, 5.41) is 4.09. The van der Waals surface area contributed by atoms with Crippen LogP contribution < -0.4 is 5.32 Å². The highest BCUT2D eigenvalue weighted by Gasteiger charge is 2.36. The molecule has 1 N–H and O–H groups in total. The van der Waals surface area contributed by atoms with E-state index in [1.54, 1.807) is 0 Å². The summed E-state index contributed by atoms with van der Waals surface area (Å²) in [6.45, 7) is 3.61. The number of hydrogen-bond donors (Lipinski definition) is 1. The van der Waals surface area contributed by atoms with Crippen LogP contribution in [0.3, 0.4) is 0 Å². The minimum Gasteiger partial charge on any atom is -0.317 e. The van der Waals surface area contributed by atoms with Crippen molar-refractivity contribution in [1.82, 2.24) is 10.2 Å². The molecule has 5 nitrogen and oxygen atoms in total. The molecule has 1 saturated heterocycles. The molecule has 1 aromatic heterocycles. The standard InChI is InChI=1S/C12H14N2O3S/c1-3-8-11(16)13-9(15)6-14(8)12(17)10-7(2)4-5-18-10/h4-5,8H,3,6H2,1-2H3,(H,13,15,16). The molecule has 1 aliphatic heterocycles. The first-order valence-corrected chi connectivity index (χ1v) is 6.61. The van der Waals surface area contributed by atoms with Crippen molar-refractivity contribution in [2.75, 3.05) is 6.54 Å². The Morgan fingerprint density at radius 2 is 2.28 bits per heavy atom. The number of rotatable bonds is 2. The summed E-state index contributed by atoms with van der Waals surface area (Å²) in [5.41, 5.74) is 0.873. The van der Waals surface area contributed by atoms with Crippen molar-refractivity contribution in [3.05, 3.63) is 21.9 Å². The SMILES string of the molecule is CCC1C(=O)NC(=O)CN1C(=O)c1sccc1C. The highest BCUT2D eigenvalue weighted by molar-refractivity contribution is 7.12. The predicted octanol–water partition coefficient (Wildman–Crippen LogP) is 0.934. The van der Waals surface area contributed by atoms with Crippen molar-refractivity contribution >= 4 is 29.1 Å². The lowest BCUT2D eigenvalue weighted by Gasteiger charge is -2.33. The number of piperazine rings is 1. The number of aryl methyl sites for hydroxylation is 1. The summed E-state index contributed by atoms with van der Waals surface area (Å²) in [7, 11) is 0. The Labute approximate surface area is 109 Å². The number of carbonyl (C=O) groups is 3. The highest BCUT2D eigenvalue weighted by Crippen LogP contribution is 2.21. The average Bonchev–Trinajstić information content (AvgIpc) is 2.73. The second kappa shape index (κ2) is 4.89. The topological polar surface area (TPSA) is 66.5 Å². The van der Waals surface area contributed by atoms with Crippen LogP contribution in [0, 0.1) is 6.92 Å². The number of nitrogens with zero attached hydrogens (tertiary/aromatic N) is 1. The van der Waals surface area contributed by atoms with Gasteiger partial charge in [-0.05, 0) is 30.4 Å². The summed E-state index contributed by atoms with van der Waals surface area (Å²) in [4.78, 5) is 37.4. The van der Waals surface area contributed by atoms with Gasteiger partial charge in [-0.2, -0.15) is 0 Å². The Morgan fingerprint density at radius 1 is 1.56 bits per heavy atom. The third-order valence-electron chi connectivity index (χ3n) is 2.96. The van der Waals surface area contributed by atoms with E-state index in [0.717, 1.165) is 5.56 Å². The fraction of sp³-hybridized carbons (Fsp3) is 0.417. The van der Waals surface area contributed by atoms with E-state index in [4.69, 9.17) is 0 Å². The van der Waals surface area contributed by atoms with Crippen molar-refractivity contribution in [2.45, 2.75) is 26.3 Å². The maximum absolute atomic E-state index is 12.3. The molecule has 18 heavy (non-hydrogen) atoms. The number of hydrogen-bond acceptors (Lipinski definition) is 4. The Balaban J connectivity index is 2.30. The van der Waals surface area contributed by atoms with Crippen LogP contribution in [0.1, 0.15) is 28.6 Å². The quantitative estimate of drug-likeness (QED) is 0.810. The van der Waals surface area contributed by atoms with Crippen molar-refractivity contribution in [2.24, 2.45) is 0 Å². The molecular weight excluding hydrogens is 252 g/mol. The van der Waals surface area contributed by atoms with Gasteiger partial charge in [0.1, 0.15) is 12.6 Å². The molecule has 0 bridgehead atoms. The number of nitrogens with one attached hydrogen (secondary N) is 1.